The molecule has 3 rings (SSSR count). The maximum Gasteiger partial charge on any atom is 0.161 e. The first-order chi connectivity index (χ1) is 12.1. The van der Waals surface area contributed by atoms with Gasteiger partial charge in [-0.05, 0) is 43.7 Å². The van der Waals surface area contributed by atoms with E-state index in [1.54, 1.807) is 12.1 Å². The molecule has 0 saturated heterocycles. The number of ether oxygens (including phenoxy) is 2. The van der Waals surface area contributed by atoms with Crippen molar-refractivity contribution >= 4 is 34.2 Å². The summed E-state index contributed by atoms with van der Waals surface area (Å²) in [5, 5.41) is 0.987. The number of H-pyrrole nitrogens is 1. The van der Waals surface area contributed by atoms with E-state index in [1.165, 1.54) is 0 Å². The molecule has 0 amide bonds. The molecule has 0 spiro atoms. The fourth-order valence-electron chi connectivity index (χ4n) is 2.51. The van der Waals surface area contributed by atoms with Crippen molar-refractivity contribution < 1.29 is 9.47 Å². The molecule has 1 heterocycles. The number of benzene rings is 2. The van der Waals surface area contributed by atoms with E-state index in [1.807, 2.05) is 25.1 Å². The van der Waals surface area contributed by atoms with Gasteiger partial charge in [-0.1, -0.05) is 36.5 Å². The van der Waals surface area contributed by atoms with Gasteiger partial charge >= 0.3 is 0 Å². The van der Waals surface area contributed by atoms with Crippen LogP contribution in [0.1, 0.15) is 26.7 Å². The lowest BCUT2D eigenvalue weighted by molar-refractivity contribution is 0.273. The molecule has 1 N–H and O–H groups in total. The highest BCUT2D eigenvalue weighted by Crippen LogP contribution is 2.34. The average molecular weight is 379 g/mol. The van der Waals surface area contributed by atoms with Crippen LogP contribution in [0.25, 0.3) is 22.4 Å². The lowest BCUT2D eigenvalue weighted by atomic mass is 10.2. The third kappa shape index (κ3) is 4.02. The molecule has 6 heteroatoms. The van der Waals surface area contributed by atoms with Crippen molar-refractivity contribution in [2.75, 3.05) is 13.2 Å². The Bertz CT molecular complexity index is 838. The number of hydrogen-bond donors (Lipinski definition) is 1. The van der Waals surface area contributed by atoms with Crippen molar-refractivity contribution in [1.82, 2.24) is 9.97 Å². The van der Waals surface area contributed by atoms with Crippen molar-refractivity contribution in [3.05, 3.63) is 40.4 Å². The fourth-order valence-corrected chi connectivity index (χ4v) is 2.83. The monoisotopic (exact) mass is 378 g/mol. The van der Waals surface area contributed by atoms with Crippen LogP contribution in [0.15, 0.2) is 30.3 Å². The molecule has 0 unspecified atom stereocenters. The summed E-state index contributed by atoms with van der Waals surface area (Å²) < 4.78 is 11.6. The molecular weight excluding hydrogens is 359 g/mol. The quantitative estimate of drug-likeness (QED) is 0.504. The van der Waals surface area contributed by atoms with Crippen LogP contribution in [0.3, 0.4) is 0 Å². The Balaban J connectivity index is 1.95. The van der Waals surface area contributed by atoms with Gasteiger partial charge in [-0.3, -0.25) is 0 Å². The summed E-state index contributed by atoms with van der Waals surface area (Å²) >= 11 is 12.1. The van der Waals surface area contributed by atoms with Gasteiger partial charge in [0.15, 0.2) is 11.5 Å². The second-order valence-corrected chi connectivity index (χ2v) is 6.48. The Kier molecular flexibility index (Phi) is 5.71. The largest absolute Gasteiger partial charge is 0.490 e. The number of aromatic nitrogens is 2. The van der Waals surface area contributed by atoms with Gasteiger partial charge in [0.25, 0.3) is 0 Å². The SMILES string of the molecule is CCCCOc1ccc(-c2nc3cc(Cl)c(Cl)cc3[nH]2)cc1OCC. The molecule has 0 fully saturated rings. The Morgan fingerprint density at radius 1 is 1.00 bits per heavy atom. The minimum atomic E-state index is 0.488. The van der Waals surface area contributed by atoms with Gasteiger partial charge in [-0.15, -0.1) is 0 Å². The Morgan fingerprint density at radius 3 is 2.56 bits per heavy atom. The van der Waals surface area contributed by atoms with E-state index in [0.717, 1.165) is 41.0 Å². The summed E-state index contributed by atoms with van der Waals surface area (Å²) in [5.41, 5.74) is 2.52. The third-order valence-corrected chi connectivity index (χ3v) is 4.52. The number of halogens is 2. The highest BCUT2D eigenvalue weighted by molar-refractivity contribution is 6.42. The highest BCUT2D eigenvalue weighted by atomic mass is 35.5. The van der Waals surface area contributed by atoms with Crippen LogP contribution in [0.2, 0.25) is 10.0 Å². The smallest absolute Gasteiger partial charge is 0.161 e. The van der Waals surface area contributed by atoms with Crippen molar-refractivity contribution in [2.24, 2.45) is 0 Å². The summed E-state index contributed by atoms with van der Waals surface area (Å²) in [5.74, 6) is 2.20. The van der Waals surface area contributed by atoms with Crippen LogP contribution in [0.4, 0.5) is 0 Å². The first-order valence-corrected chi connectivity index (χ1v) is 9.12. The molecule has 0 atom stereocenters. The van der Waals surface area contributed by atoms with Crippen LogP contribution in [0, 0.1) is 0 Å². The summed E-state index contributed by atoms with van der Waals surface area (Å²) in [7, 11) is 0. The number of aromatic amines is 1. The van der Waals surface area contributed by atoms with Crippen LogP contribution in [0.5, 0.6) is 11.5 Å². The van der Waals surface area contributed by atoms with Crippen molar-refractivity contribution in [1.29, 1.82) is 0 Å². The van der Waals surface area contributed by atoms with Crippen LogP contribution in [-0.4, -0.2) is 23.2 Å². The van der Waals surface area contributed by atoms with Gasteiger partial charge in [-0.2, -0.15) is 0 Å². The normalized spacial score (nSPS) is 11.0. The Labute approximate surface area is 157 Å². The van der Waals surface area contributed by atoms with Crippen molar-refractivity contribution in [3.63, 3.8) is 0 Å². The van der Waals surface area contributed by atoms with Crippen molar-refractivity contribution in [3.8, 4) is 22.9 Å². The molecule has 2 aromatic carbocycles. The number of unbranched alkanes of at least 4 members (excludes halogenated alkanes) is 1. The second-order valence-electron chi connectivity index (χ2n) is 5.67. The van der Waals surface area contributed by atoms with E-state index in [0.29, 0.717) is 29.0 Å². The van der Waals surface area contributed by atoms with E-state index in [4.69, 9.17) is 32.7 Å². The number of hydrogen-bond acceptors (Lipinski definition) is 3. The second kappa shape index (κ2) is 7.98. The molecule has 0 aliphatic carbocycles. The molecule has 0 bridgehead atoms. The molecular formula is C19H20Cl2N2O2. The zero-order chi connectivity index (χ0) is 17.8. The van der Waals surface area contributed by atoms with E-state index < -0.39 is 0 Å². The summed E-state index contributed by atoms with van der Waals surface area (Å²) in [6.45, 7) is 5.33. The molecule has 0 aliphatic heterocycles. The molecule has 4 nitrogen and oxygen atoms in total. The Hall–Kier alpha value is -1.91. The van der Waals surface area contributed by atoms with Crippen molar-refractivity contribution in [2.45, 2.75) is 26.7 Å². The number of nitrogens with zero attached hydrogens (tertiary/aromatic N) is 1. The lowest BCUT2D eigenvalue weighted by Crippen LogP contribution is -2.01. The number of nitrogens with one attached hydrogen (secondary N) is 1. The zero-order valence-corrected chi connectivity index (χ0v) is 15.7. The summed E-state index contributed by atoms with van der Waals surface area (Å²) in [6.07, 6.45) is 2.10. The van der Waals surface area contributed by atoms with Gasteiger partial charge in [0.05, 0.1) is 34.3 Å². The van der Waals surface area contributed by atoms with Crippen LogP contribution >= 0.6 is 23.2 Å². The first-order valence-electron chi connectivity index (χ1n) is 8.37. The van der Waals surface area contributed by atoms with E-state index in [-0.39, 0.29) is 0 Å². The first kappa shape index (κ1) is 17.9. The van der Waals surface area contributed by atoms with E-state index in [9.17, 15) is 0 Å². The summed E-state index contributed by atoms with van der Waals surface area (Å²) in [6, 6.07) is 9.35. The molecule has 0 aliphatic rings. The topological polar surface area (TPSA) is 47.1 Å². The van der Waals surface area contributed by atoms with Gasteiger partial charge in [0.2, 0.25) is 0 Å². The third-order valence-electron chi connectivity index (χ3n) is 3.80. The van der Waals surface area contributed by atoms with Gasteiger partial charge in [-0.25, -0.2) is 4.98 Å². The van der Waals surface area contributed by atoms with Gasteiger partial charge < -0.3 is 14.5 Å². The molecule has 25 heavy (non-hydrogen) atoms. The highest BCUT2D eigenvalue weighted by Gasteiger charge is 2.12. The molecule has 1 aromatic heterocycles. The minimum absolute atomic E-state index is 0.488. The fraction of sp³-hybridized carbons (Fsp3) is 0.316. The predicted octanol–water partition coefficient (Wildman–Crippen LogP) is 6.11. The average Bonchev–Trinajstić information content (AvgIpc) is 2.99. The molecule has 132 valence electrons. The Morgan fingerprint density at radius 2 is 1.80 bits per heavy atom. The van der Waals surface area contributed by atoms with E-state index in [2.05, 4.69) is 16.9 Å². The van der Waals surface area contributed by atoms with E-state index >= 15 is 0 Å². The van der Waals surface area contributed by atoms with Crippen LogP contribution < -0.4 is 9.47 Å². The lowest BCUT2D eigenvalue weighted by Gasteiger charge is -2.12. The molecule has 0 radical (unpaired) electrons. The minimum Gasteiger partial charge on any atom is -0.490 e. The predicted molar refractivity (Wildman–Crippen MR) is 103 cm³/mol. The molecule has 0 saturated carbocycles. The number of imidazole rings is 1. The van der Waals surface area contributed by atoms with Crippen LogP contribution in [-0.2, 0) is 0 Å². The number of rotatable bonds is 7. The van der Waals surface area contributed by atoms with Gasteiger partial charge in [0, 0.05) is 5.56 Å². The zero-order valence-electron chi connectivity index (χ0n) is 14.2. The molecule has 3 aromatic rings. The van der Waals surface area contributed by atoms with Gasteiger partial charge in [0.1, 0.15) is 5.82 Å². The maximum atomic E-state index is 6.07. The number of fused-ring (bicyclic) bond motifs is 1. The standard InChI is InChI=1S/C19H20Cl2N2O2/c1-3-5-8-25-17-7-6-12(9-18(17)24-4-2)19-22-15-10-13(20)14(21)11-16(15)23-19/h6-7,9-11H,3-5,8H2,1-2H3,(H,22,23). The maximum absolute atomic E-state index is 6.07. The summed E-state index contributed by atoms with van der Waals surface area (Å²) in [4.78, 5) is 7.87.